The van der Waals surface area contributed by atoms with Gasteiger partial charge in [0, 0.05) is 6.04 Å². The average molecular weight is 213 g/mol. The van der Waals surface area contributed by atoms with Gasteiger partial charge in [0.05, 0.1) is 6.61 Å². The van der Waals surface area contributed by atoms with Crippen LogP contribution in [0.25, 0.3) is 0 Å². The normalized spacial score (nSPS) is 26.1. The van der Waals surface area contributed by atoms with Gasteiger partial charge < -0.3 is 10.1 Å². The van der Waals surface area contributed by atoms with E-state index in [1.54, 1.807) is 0 Å². The van der Waals surface area contributed by atoms with Crippen molar-refractivity contribution >= 4 is 5.97 Å². The Morgan fingerprint density at radius 3 is 2.73 bits per heavy atom. The quantitative estimate of drug-likeness (QED) is 0.658. The van der Waals surface area contributed by atoms with Crippen molar-refractivity contribution in [3.63, 3.8) is 0 Å². The van der Waals surface area contributed by atoms with Crippen LogP contribution in [0.5, 0.6) is 0 Å². The summed E-state index contributed by atoms with van der Waals surface area (Å²) in [5.41, 5.74) is 0. The summed E-state index contributed by atoms with van der Waals surface area (Å²) in [6, 6.07) is 0.455. The third-order valence-corrected chi connectivity index (χ3v) is 2.98. The van der Waals surface area contributed by atoms with E-state index >= 15 is 0 Å². The fourth-order valence-electron chi connectivity index (χ4n) is 2.00. The summed E-state index contributed by atoms with van der Waals surface area (Å²) >= 11 is 0. The Morgan fingerprint density at radius 2 is 2.20 bits per heavy atom. The monoisotopic (exact) mass is 213 g/mol. The van der Waals surface area contributed by atoms with Crippen molar-refractivity contribution in [3.05, 3.63) is 0 Å². The van der Waals surface area contributed by atoms with Gasteiger partial charge in [0.2, 0.25) is 0 Å². The van der Waals surface area contributed by atoms with Crippen molar-refractivity contribution in [1.82, 2.24) is 5.32 Å². The van der Waals surface area contributed by atoms with E-state index in [4.69, 9.17) is 4.74 Å². The van der Waals surface area contributed by atoms with Crippen molar-refractivity contribution in [2.45, 2.75) is 58.5 Å². The van der Waals surface area contributed by atoms with Gasteiger partial charge in [-0.05, 0) is 32.1 Å². The van der Waals surface area contributed by atoms with Crippen LogP contribution in [0.15, 0.2) is 0 Å². The van der Waals surface area contributed by atoms with E-state index in [9.17, 15) is 4.79 Å². The summed E-state index contributed by atoms with van der Waals surface area (Å²) in [5.74, 6) is 0.695. The van der Waals surface area contributed by atoms with Gasteiger partial charge in [0.1, 0.15) is 6.04 Å². The molecule has 3 nitrogen and oxygen atoms in total. The molecule has 0 spiro atoms. The van der Waals surface area contributed by atoms with Gasteiger partial charge >= 0.3 is 5.97 Å². The Hall–Kier alpha value is -0.570. The third kappa shape index (κ3) is 3.82. The van der Waals surface area contributed by atoms with Gasteiger partial charge in [-0.2, -0.15) is 0 Å². The second-order valence-corrected chi connectivity index (χ2v) is 4.27. The maximum absolute atomic E-state index is 11.5. The summed E-state index contributed by atoms with van der Waals surface area (Å²) in [4.78, 5) is 11.5. The maximum Gasteiger partial charge on any atom is 0.323 e. The first kappa shape index (κ1) is 12.5. The predicted octanol–water partition coefficient (Wildman–Crippen LogP) is 2.11. The maximum atomic E-state index is 11.5. The van der Waals surface area contributed by atoms with Crippen molar-refractivity contribution in [2.24, 2.45) is 5.92 Å². The van der Waals surface area contributed by atoms with E-state index in [0.29, 0.717) is 12.6 Å². The molecule has 1 saturated carbocycles. The first-order chi connectivity index (χ1) is 7.22. The lowest BCUT2D eigenvalue weighted by Crippen LogP contribution is -2.39. The summed E-state index contributed by atoms with van der Waals surface area (Å²) in [7, 11) is 0. The Morgan fingerprint density at radius 1 is 1.47 bits per heavy atom. The number of ether oxygens (including phenoxy) is 1. The number of esters is 1. The molecule has 1 N–H and O–H groups in total. The van der Waals surface area contributed by atoms with Crippen LogP contribution < -0.4 is 5.32 Å². The molecule has 1 rings (SSSR count). The Bertz CT molecular complexity index is 206. The van der Waals surface area contributed by atoms with Gasteiger partial charge in [-0.3, -0.25) is 4.79 Å². The van der Waals surface area contributed by atoms with Crippen molar-refractivity contribution in [1.29, 1.82) is 0 Å². The molecule has 1 aliphatic rings. The topological polar surface area (TPSA) is 38.3 Å². The van der Waals surface area contributed by atoms with E-state index < -0.39 is 0 Å². The van der Waals surface area contributed by atoms with Crippen molar-refractivity contribution < 1.29 is 9.53 Å². The summed E-state index contributed by atoms with van der Waals surface area (Å²) in [6.07, 6.45) is 4.55. The smallest absolute Gasteiger partial charge is 0.323 e. The van der Waals surface area contributed by atoms with Crippen LogP contribution in [-0.2, 0) is 9.53 Å². The van der Waals surface area contributed by atoms with Crippen molar-refractivity contribution in [2.75, 3.05) is 6.61 Å². The van der Waals surface area contributed by atoms with E-state index in [1.165, 1.54) is 19.3 Å². The molecule has 1 aliphatic carbocycles. The molecule has 0 aromatic heterocycles. The van der Waals surface area contributed by atoms with Gasteiger partial charge in [-0.25, -0.2) is 0 Å². The number of carbonyl (C=O) groups is 1. The molecular weight excluding hydrogens is 190 g/mol. The highest BCUT2D eigenvalue weighted by Gasteiger charge is 2.38. The molecule has 0 amide bonds. The second-order valence-electron chi connectivity index (χ2n) is 4.27. The number of carbonyl (C=O) groups excluding carboxylic acids is 1. The van der Waals surface area contributed by atoms with Crippen LogP contribution >= 0.6 is 0 Å². The molecule has 1 fully saturated rings. The van der Waals surface area contributed by atoms with E-state index in [2.05, 4.69) is 12.2 Å². The summed E-state index contributed by atoms with van der Waals surface area (Å²) < 4.78 is 5.02. The summed E-state index contributed by atoms with van der Waals surface area (Å²) in [5, 5.41) is 3.39. The van der Waals surface area contributed by atoms with Gasteiger partial charge in [0.15, 0.2) is 0 Å². The highest BCUT2D eigenvalue weighted by atomic mass is 16.5. The Kier molecular flexibility index (Phi) is 5.09. The number of nitrogens with one attached hydrogen (secondary N) is 1. The molecule has 88 valence electrons. The van der Waals surface area contributed by atoms with Crippen LogP contribution in [0.2, 0.25) is 0 Å². The molecule has 0 bridgehead atoms. The number of hydrogen-bond donors (Lipinski definition) is 1. The molecular formula is C12H23NO2. The third-order valence-electron chi connectivity index (χ3n) is 2.98. The fraction of sp³-hybridized carbons (Fsp3) is 0.917. The van der Waals surface area contributed by atoms with E-state index in [-0.39, 0.29) is 12.0 Å². The van der Waals surface area contributed by atoms with Crippen LogP contribution in [-0.4, -0.2) is 24.7 Å². The molecule has 15 heavy (non-hydrogen) atoms. The zero-order chi connectivity index (χ0) is 11.3. The molecule has 0 saturated heterocycles. The minimum absolute atomic E-state index is 0.0952. The first-order valence-electron chi connectivity index (χ1n) is 6.15. The molecule has 3 heteroatoms. The molecule has 0 aromatic carbocycles. The van der Waals surface area contributed by atoms with Crippen LogP contribution in [0.3, 0.4) is 0 Å². The molecule has 0 radical (unpaired) electrons. The first-order valence-corrected chi connectivity index (χ1v) is 6.15. The molecule has 3 unspecified atom stereocenters. The predicted molar refractivity (Wildman–Crippen MR) is 60.7 cm³/mol. The molecule has 0 aliphatic heterocycles. The van der Waals surface area contributed by atoms with Crippen LogP contribution in [0.4, 0.5) is 0 Å². The second kappa shape index (κ2) is 6.11. The fourth-order valence-corrected chi connectivity index (χ4v) is 2.00. The standard InChI is InChI=1S/C12H23NO2/c1-4-7-9-8-11(9)13-10(5-2)12(14)15-6-3/h9-11,13H,4-8H2,1-3H3. The highest BCUT2D eigenvalue weighted by molar-refractivity contribution is 5.75. The lowest BCUT2D eigenvalue weighted by molar-refractivity contribution is -0.145. The van der Waals surface area contributed by atoms with Gasteiger partial charge in [-0.15, -0.1) is 0 Å². The Labute approximate surface area is 92.6 Å². The minimum Gasteiger partial charge on any atom is -0.465 e. The minimum atomic E-state index is -0.100. The Balaban J connectivity index is 2.26. The highest BCUT2D eigenvalue weighted by Crippen LogP contribution is 2.35. The van der Waals surface area contributed by atoms with Crippen LogP contribution in [0.1, 0.15) is 46.5 Å². The van der Waals surface area contributed by atoms with Crippen LogP contribution in [0, 0.1) is 5.92 Å². The lowest BCUT2D eigenvalue weighted by Gasteiger charge is -2.15. The number of rotatable bonds is 7. The zero-order valence-electron chi connectivity index (χ0n) is 10.1. The average Bonchev–Trinajstić information content (AvgIpc) is 2.94. The summed E-state index contributed by atoms with van der Waals surface area (Å²) in [6.45, 7) is 6.55. The molecule has 0 heterocycles. The largest absolute Gasteiger partial charge is 0.465 e. The number of hydrogen-bond acceptors (Lipinski definition) is 3. The SMILES string of the molecule is CCCC1CC1NC(CC)C(=O)OCC. The zero-order valence-corrected chi connectivity index (χ0v) is 10.1. The van der Waals surface area contributed by atoms with Crippen molar-refractivity contribution in [3.8, 4) is 0 Å². The van der Waals surface area contributed by atoms with E-state index in [1.807, 2.05) is 13.8 Å². The van der Waals surface area contributed by atoms with E-state index in [0.717, 1.165) is 12.3 Å². The van der Waals surface area contributed by atoms with Gasteiger partial charge in [0.25, 0.3) is 0 Å². The lowest BCUT2D eigenvalue weighted by atomic mass is 10.2. The van der Waals surface area contributed by atoms with Gasteiger partial charge in [-0.1, -0.05) is 20.3 Å². The molecule has 3 atom stereocenters. The molecule has 0 aromatic rings.